The average Bonchev–Trinajstić information content (AvgIpc) is 2.96. The zero-order valence-electron chi connectivity index (χ0n) is 16.6. The van der Waals surface area contributed by atoms with Gasteiger partial charge < -0.3 is 10.1 Å². The first-order valence-corrected chi connectivity index (χ1v) is 9.85. The number of piperidine rings is 1. The number of esters is 1. The van der Waals surface area contributed by atoms with Crippen LogP contribution in [0.15, 0.2) is 59.7 Å². The molecule has 0 atom stereocenters. The summed E-state index contributed by atoms with van der Waals surface area (Å²) < 4.78 is 32.8. The van der Waals surface area contributed by atoms with Gasteiger partial charge >= 0.3 is 5.97 Å². The molecule has 0 radical (unpaired) electrons. The van der Waals surface area contributed by atoms with Crippen molar-refractivity contribution in [1.82, 2.24) is 4.90 Å². The summed E-state index contributed by atoms with van der Waals surface area (Å²) in [6.45, 7) is 3.62. The Morgan fingerprint density at radius 1 is 1.13 bits per heavy atom. The summed E-state index contributed by atoms with van der Waals surface area (Å²) in [5, 5.41) is 2.47. The maximum atomic E-state index is 14.0. The molecular formula is C23H22F2N2O3. The molecule has 30 heavy (non-hydrogen) atoms. The highest BCUT2D eigenvalue weighted by molar-refractivity contribution is 6.12. The van der Waals surface area contributed by atoms with Gasteiger partial charge in [0.2, 0.25) is 0 Å². The van der Waals surface area contributed by atoms with E-state index in [2.05, 4.69) is 22.3 Å². The molecule has 156 valence electrons. The Morgan fingerprint density at radius 3 is 2.50 bits per heavy atom. The van der Waals surface area contributed by atoms with Crippen LogP contribution < -0.4 is 5.32 Å². The number of hydrogen-bond donors (Lipinski definition) is 1. The van der Waals surface area contributed by atoms with Gasteiger partial charge in [-0.15, -0.1) is 0 Å². The molecule has 1 spiro atoms. The minimum Gasteiger partial charge on any atom is -0.450 e. The van der Waals surface area contributed by atoms with Crippen LogP contribution in [-0.4, -0.2) is 35.5 Å². The summed E-state index contributed by atoms with van der Waals surface area (Å²) in [5.74, 6) is -2.74. The average molecular weight is 412 g/mol. The van der Waals surface area contributed by atoms with Crippen LogP contribution in [0.25, 0.3) is 0 Å². The van der Waals surface area contributed by atoms with E-state index in [1.807, 2.05) is 18.2 Å². The number of hydrogen-bond acceptors (Lipinski definition) is 4. The number of nitrogens with one attached hydrogen (secondary N) is 1. The molecule has 0 bridgehead atoms. The van der Waals surface area contributed by atoms with Crippen molar-refractivity contribution in [1.29, 1.82) is 0 Å². The minimum atomic E-state index is -1.02. The number of anilines is 1. The highest BCUT2D eigenvalue weighted by atomic mass is 19.1. The first kappa shape index (κ1) is 20.2. The summed E-state index contributed by atoms with van der Waals surface area (Å²) in [6.07, 6.45) is 0.940. The van der Waals surface area contributed by atoms with Crippen LogP contribution in [0.2, 0.25) is 0 Å². The van der Waals surface area contributed by atoms with Crippen molar-refractivity contribution in [3.63, 3.8) is 0 Å². The second-order valence-corrected chi connectivity index (χ2v) is 7.72. The number of amides is 1. The fraction of sp³-hybridized carbons (Fsp3) is 0.304. The zero-order chi connectivity index (χ0) is 21.3. The molecule has 1 N–H and O–H groups in total. The molecule has 2 heterocycles. The Labute approximate surface area is 173 Å². The number of nitrogens with zero attached hydrogens (tertiary/aromatic N) is 1. The number of rotatable bonds is 4. The largest absolute Gasteiger partial charge is 0.450 e. The van der Waals surface area contributed by atoms with Crippen molar-refractivity contribution in [2.45, 2.75) is 31.9 Å². The molecule has 1 amide bonds. The first-order valence-electron chi connectivity index (χ1n) is 9.85. The van der Waals surface area contributed by atoms with Crippen molar-refractivity contribution >= 4 is 17.6 Å². The normalized spacial score (nSPS) is 18.6. The molecule has 4 rings (SSSR count). The monoisotopic (exact) mass is 412 g/mol. The number of likely N-dealkylation sites (tertiary alicyclic amines) is 1. The molecule has 1 saturated heterocycles. The van der Waals surface area contributed by atoms with Crippen LogP contribution in [0.4, 0.5) is 14.5 Å². The van der Waals surface area contributed by atoms with E-state index >= 15 is 0 Å². The number of carbonyl (C=O) groups is 2. The van der Waals surface area contributed by atoms with Gasteiger partial charge in [-0.3, -0.25) is 9.69 Å². The van der Waals surface area contributed by atoms with E-state index in [0.29, 0.717) is 32.0 Å². The molecule has 2 aliphatic heterocycles. The maximum absolute atomic E-state index is 14.0. The lowest BCUT2D eigenvalue weighted by Crippen LogP contribution is -2.47. The van der Waals surface area contributed by atoms with Crippen molar-refractivity contribution in [2.24, 2.45) is 0 Å². The third-order valence-electron chi connectivity index (χ3n) is 5.74. The van der Waals surface area contributed by atoms with E-state index in [1.54, 1.807) is 6.92 Å². The van der Waals surface area contributed by atoms with Gasteiger partial charge in [0, 0.05) is 44.1 Å². The second kappa shape index (κ2) is 7.99. The Morgan fingerprint density at radius 2 is 1.83 bits per heavy atom. The molecule has 0 aromatic heterocycles. The molecule has 5 nitrogen and oxygen atoms in total. The number of carbonyl (C=O) groups excluding carboxylic acids is 2. The van der Waals surface area contributed by atoms with Gasteiger partial charge in [0.15, 0.2) is 0 Å². The van der Waals surface area contributed by atoms with E-state index in [1.165, 1.54) is 5.56 Å². The van der Waals surface area contributed by atoms with Crippen LogP contribution in [0.5, 0.6) is 0 Å². The molecule has 2 aromatic carbocycles. The Balaban J connectivity index is 1.51. The van der Waals surface area contributed by atoms with Gasteiger partial charge in [-0.05, 0) is 24.6 Å². The molecule has 0 saturated carbocycles. The highest BCUT2D eigenvalue weighted by Gasteiger charge is 2.50. The second-order valence-electron chi connectivity index (χ2n) is 7.72. The Hall–Kier alpha value is -3.06. The van der Waals surface area contributed by atoms with Crippen molar-refractivity contribution in [3.05, 3.63) is 76.9 Å². The molecule has 2 aliphatic rings. The minimum absolute atomic E-state index is 0.141. The molecule has 7 heteroatoms. The lowest BCUT2D eigenvalue weighted by molar-refractivity contribution is -0.150. The number of ether oxygens (including phenoxy) is 1. The molecule has 0 unspecified atom stereocenters. The molecule has 1 fully saturated rings. The van der Waals surface area contributed by atoms with Gasteiger partial charge in [0.1, 0.15) is 17.2 Å². The van der Waals surface area contributed by atoms with E-state index < -0.39 is 29.1 Å². The summed E-state index contributed by atoms with van der Waals surface area (Å²) >= 11 is 0. The van der Waals surface area contributed by atoms with Gasteiger partial charge in [-0.25, -0.2) is 13.6 Å². The first-order chi connectivity index (χ1) is 14.4. The number of benzene rings is 2. The predicted octanol–water partition coefficient (Wildman–Crippen LogP) is 3.81. The van der Waals surface area contributed by atoms with Crippen LogP contribution >= 0.6 is 0 Å². The van der Waals surface area contributed by atoms with Crippen molar-refractivity contribution in [3.8, 4) is 0 Å². The quantitative estimate of drug-likeness (QED) is 0.776. The van der Waals surface area contributed by atoms with Crippen LogP contribution in [-0.2, 0) is 20.9 Å². The molecule has 2 aromatic rings. The third-order valence-corrected chi connectivity index (χ3v) is 5.74. The van der Waals surface area contributed by atoms with Crippen LogP contribution in [0.1, 0.15) is 25.3 Å². The zero-order valence-corrected chi connectivity index (χ0v) is 16.6. The standard InChI is InChI=1S/C23H22F2N2O3/c1-15-20(21(28)26-19-8-7-17(24)13-18(19)25)23(30-22(15)29)9-11-27(12-10-23)14-16-5-3-2-4-6-16/h2-8,13H,9-12,14H2,1H3,(H,26,28). The lowest BCUT2D eigenvalue weighted by atomic mass is 9.82. The van der Waals surface area contributed by atoms with E-state index in [4.69, 9.17) is 4.74 Å². The van der Waals surface area contributed by atoms with Gasteiger partial charge in [0.25, 0.3) is 5.91 Å². The van der Waals surface area contributed by atoms with Gasteiger partial charge in [-0.2, -0.15) is 0 Å². The fourth-order valence-electron chi connectivity index (χ4n) is 4.17. The fourth-order valence-corrected chi connectivity index (χ4v) is 4.17. The SMILES string of the molecule is CC1=C(C(=O)Nc2ccc(F)cc2F)C2(CCN(Cc3ccccc3)CC2)OC1=O. The van der Waals surface area contributed by atoms with Crippen molar-refractivity contribution < 1.29 is 23.1 Å². The van der Waals surface area contributed by atoms with Crippen LogP contribution in [0, 0.1) is 11.6 Å². The van der Waals surface area contributed by atoms with Gasteiger partial charge in [-0.1, -0.05) is 30.3 Å². The Bertz CT molecular complexity index is 1010. The highest BCUT2D eigenvalue weighted by Crippen LogP contribution is 2.41. The molecule has 0 aliphatic carbocycles. The topological polar surface area (TPSA) is 58.6 Å². The maximum Gasteiger partial charge on any atom is 0.335 e. The summed E-state index contributed by atoms with van der Waals surface area (Å²) in [4.78, 5) is 27.5. The van der Waals surface area contributed by atoms with Crippen molar-refractivity contribution in [2.75, 3.05) is 18.4 Å². The third kappa shape index (κ3) is 3.85. The molecular weight excluding hydrogens is 390 g/mol. The smallest absolute Gasteiger partial charge is 0.335 e. The number of halogens is 2. The predicted molar refractivity (Wildman–Crippen MR) is 107 cm³/mol. The van der Waals surface area contributed by atoms with E-state index in [0.717, 1.165) is 18.7 Å². The van der Waals surface area contributed by atoms with Crippen LogP contribution in [0.3, 0.4) is 0 Å². The van der Waals surface area contributed by atoms with E-state index in [9.17, 15) is 18.4 Å². The van der Waals surface area contributed by atoms with E-state index in [-0.39, 0.29) is 16.8 Å². The summed E-state index contributed by atoms with van der Waals surface area (Å²) in [6, 6.07) is 13.0. The summed E-state index contributed by atoms with van der Waals surface area (Å²) in [7, 11) is 0. The summed E-state index contributed by atoms with van der Waals surface area (Å²) in [5.41, 5.74) is 0.489. The van der Waals surface area contributed by atoms with Gasteiger partial charge in [0.05, 0.1) is 11.3 Å². The Kier molecular flexibility index (Phi) is 5.39. The lowest BCUT2D eigenvalue weighted by Gasteiger charge is -2.39.